The summed E-state index contributed by atoms with van der Waals surface area (Å²) >= 11 is 3.42. The van der Waals surface area contributed by atoms with Crippen LogP contribution in [0.2, 0.25) is 0 Å². The van der Waals surface area contributed by atoms with Gasteiger partial charge >= 0.3 is 0 Å². The Morgan fingerprint density at radius 3 is 2.41 bits per heavy atom. The molecule has 0 aliphatic heterocycles. The first-order valence-corrected chi connectivity index (χ1v) is 10.8. The fourth-order valence-electron chi connectivity index (χ4n) is 3.00. The van der Waals surface area contributed by atoms with Gasteiger partial charge in [-0.05, 0) is 66.4 Å². The summed E-state index contributed by atoms with van der Waals surface area (Å²) in [6.45, 7) is 4.19. The van der Waals surface area contributed by atoms with Crippen LogP contribution in [0.25, 0.3) is 0 Å². The van der Waals surface area contributed by atoms with Crippen molar-refractivity contribution in [2.75, 3.05) is 13.7 Å². The fraction of sp³-hybridized carbons (Fsp3) is 0.200. The predicted octanol–water partition coefficient (Wildman–Crippen LogP) is 5.18. The molecule has 1 N–H and O–H groups in total. The van der Waals surface area contributed by atoms with Crippen LogP contribution >= 0.6 is 15.9 Å². The molecule has 0 radical (unpaired) electrons. The second kappa shape index (κ2) is 11.3. The Bertz CT molecular complexity index is 1080. The minimum atomic E-state index is -0.342. The minimum absolute atomic E-state index is 0.116. The highest BCUT2D eigenvalue weighted by Crippen LogP contribution is 2.28. The lowest BCUT2D eigenvalue weighted by molar-refractivity contribution is -0.123. The van der Waals surface area contributed by atoms with Crippen molar-refractivity contribution in [1.82, 2.24) is 5.43 Å². The molecule has 0 spiro atoms. The van der Waals surface area contributed by atoms with Crippen LogP contribution in [0.4, 0.5) is 0 Å². The van der Waals surface area contributed by atoms with Crippen LogP contribution in [0.1, 0.15) is 22.3 Å². The lowest BCUT2D eigenvalue weighted by atomic mass is 10.1. The van der Waals surface area contributed by atoms with Gasteiger partial charge in [-0.1, -0.05) is 46.3 Å². The van der Waals surface area contributed by atoms with Crippen LogP contribution in [-0.2, 0) is 11.4 Å². The van der Waals surface area contributed by atoms with Gasteiger partial charge < -0.3 is 14.2 Å². The van der Waals surface area contributed by atoms with Gasteiger partial charge in [-0.15, -0.1) is 0 Å². The standard InChI is InChI=1S/C25H25BrN2O4/c1-17-5-4-6-18(2)25(17)32-16-24(29)28-27-14-20-9-12-22(23(13-20)30-3)31-15-19-7-10-21(26)11-8-19/h4-14H,15-16H2,1-3H3,(H,28,29)/b27-14-. The van der Waals surface area contributed by atoms with Crippen molar-refractivity contribution in [1.29, 1.82) is 0 Å². The number of nitrogens with zero attached hydrogens (tertiary/aromatic N) is 1. The SMILES string of the molecule is COc1cc(/C=N\NC(=O)COc2c(C)cccc2C)ccc1OCc1ccc(Br)cc1. The number of halogens is 1. The van der Waals surface area contributed by atoms with Gasteiger partial charge in [-0.3, -0.25) is 4.79 Å². The normalized spacial score (nSPS) is 10.8. The number of amides is 1. The number of benzene rings is 3. The molecule has 3 rings (SSSR count). The average molecular weight is 497 g/mol. The maximum absolute atomic E-state index is 12.0. The monoisotopic (exact) mass is 496 g/mol. The second-order valence-corrected chi connectivity index (χ2v) is 8.04. The molecule has 1 amide bonds. The third-order valence-electron chi connectivity index (χ3n) is 4.65. The number of hydrazone groups is 1. The summed E-state index contributed by atoms with van der Waals surface area (Å²) in [6, 6.07) is 19.2. The first-order chi connectivity index (χ1) is 15.5. The van der Waals surface area contributed by atoms with E-state index < -0.39 is 0 Å². The van der Waals surface area contributed by atoms with Crippen LogP contribution < -0.4 is 19.6 Å². The van der Waals surface area contributed by atoms with Gasteiger partial charge in [0.05, 0.1) is 13.3 Å². The van der Waals surface area contributed by atoms with Gasteiger partial charge in [0.25, 0.3) is 5.91 Å². The third kappa shape index (κ3) is 6.59. The van der Waals surface area contributed by atoms with E-state index in [4.69, 9.17) is 14.2 Å². The number of hydrogen-bond acceptors (Lipinski definition) is 5. The maximum Gasteiger partial charge on any atom is 0.277 e. The van der Waals surface area contributed by atoms with Crippen molar-refractivity contribution in [2.24, 2.45) is 5.10 Å². The van der Waals surface area contributed by atoms with Crippen molar-refractivity contribution >= 4 is 28.1 Å². The molecule has 0 bridgehead atoms. The first kappa shape index (κ1) is 23.3. The molecule has 0 atom stereocenters. The molecule has 0 heterocycles. The van der Waals surface area contributed by atoms with Crippen molar-refractivity contribution in [3.8, 4) is 17.2 Å². The van der Waals surface area contributed by atoms with E-state index in [0.29, 0.717) is 18.1 Å². The molecule has 0 saturated heterocycles. The van der Waals surface area contributed by atoms with E-state index in [9.17, 15) is 4.79 Å². The van der Waals surface area contributed by atoms with E-state index in [1.807, 2.05) is 68.4 Å². The number of methoxy groups -OCH3 is 1. The highest BCUT2D eigenvalue weighted by molar-refractivity contribution is 9.10. The average Bonchev–Trinajstić information content (AvgIpc) is 2.78. The molecule has 6 nitrogen and oxygen atoms in total. The number of ether oxygens (including phenoxy) is 3. The molecule has 0 unspecified atom stereocenters. The Kier molecular flexibility index (Phi) is 8.27. The molecule has 0 fully saturated rings. The molecular formula is C25H25BrN2O4. The van der Waals surface area contributed by atoms with E-state index in [-0.39, 0.29) is 12.5 Å². The molecule has 3 aromatic rings. The number of carbonyl (C=O) groups excluding carboxylic acids is 1. The van der Waals surface area contributed by atoms with Gasteiger partial charge in [0, 0.05) is 4.47 Å². The molecule has 0 saturated carbocycles. The van der Waals surface area contributed by atoms with Crippen LogP contribution in [-0.4, -0.2) is 25.8 Å². The molecule has 32 heavy (non-hydrogen) atoms. The summed E-state index contributed by atoms with van der Waals surface area (Å²) in [4.78, 5) is 12.0. The van der Waals surface area contributed by atoms with Gasteiger partial charge in [0.2, 0.25) is 0 Å². The molecule has 0 aliphatic carbocycles. The van der Waals surface area contributed by atoms with E-state index in [1.54, 1.807) is 13.2 Å². The van der Waals surface area contributed by atoms with Crippen LogP contribution in [0.5, 0.6) is 17.2 Å². The maximum atomic E-state index is 12.0. The van der Waals surface area contributed by atoms with Crippen molar-refractivity contribution < 1.29 is 19.0 Å². The quantitative estimate of drug-likeness (QED) is 0.327. The fourth-order valence-corrected chi connectivity index (χ4v) is 3.27. The van der Waals surface area contributed by atoms with Crippen LogP contribution in [0.3, 0.4) is 0 Å². The number of para-hydroxylation sites is 1. The van der Waals surface area contributed by atoms with Crippen molar-refractivity contribution in [3.63, 3.8) is 0 Å². The second-order valence-electron chi connectivity index (χ2n) is 7.13. The Balaban J connectivity index is 1.53. The topological polar surface area (TPSA) is 69.2 Å². The van der Waals surface area contributed by atoms with Gasteiger partial charge in [-0.25, -0.2) is 5.43 Å². The van der Waals surface area contributed by atoms with E-state index in [1.165, 1.54) is 6.21 Å². The zero-order valence-electron chi connectivity index (χ0n) is 18.2. The molecule has 0 aliphatic rings. The number of hydrogen-bond donors (Lipinski definition) is 1. The Hall–Kier alpha value is -3.32. The summed E-state index contributed by atoms with van der Waals surface area (Å²) in [5.74, 6) is 1.58. The van der Waals surface area contributed by atoms with E-state index in [2.05, 4.69) is 26.5 Å². The minimum Gasteiger partial charge on any atom is -0.493 e. The number of rotatable bonds is 9. The molecule has 7 heteroatoms. The van der Waals surface area contributed by atoms with Gasteiger partial charge in [-0.2, -0.15) is 5.10 Å². The molecular weight excluding hydrogens is 472 g/mol. The highest BCUT2D eigenvalue weighted by Gasteiger charge is 2.08. The van der Waals surface area contributed by atoms with Gasteiger partial charge in [0.15, 0.2) is 18.1 Å². The summed E-state index contributed by atoms with van der Waals surface area (Å²) < 4.78 is 18.0. The van der Waals surface area contributed by atoms with E-state index >= 15 is 0 Å². The summed E-state index contributed by atoms with van der Waals surface area (Å²) in [7, 11) is 1.58. The molecule has 166 valence electrons. The third-order valence-corrected chi connectivity index (χ3v) is 5.18. The molecule has 3 aromatic carbocycles. The largest absolute Gasteiger partial charge is 0.493 e. The van der Waals surface area contributed by atoms with Crippen molar-refractivity contribution in [3.05, 3.63) is 87.4 Å². The van der Waals surface area contributed by atoms with Crippen LogP contribution in [0, 0.1) is 13.8 Å². The summed E-state index contributed by atoms with van der Waals surface area (Å²) in [6.07, 6.45) is 1.54. The zero-order chi connectivity index (χ0) is 22.9. The highest BCUT2D eigenvalue weighted by atomic mass is 79.9. The van der Waals surface area contributed by atoms with Gasteiger partial charge in [0.1, 0.15) is 12.4 Å². The Morgan fingerprint density at radius 2 is 1.72 bits per heavy atom. The van der Waals surface area contributed by atoms with Crippen LogP contribution in [0.15, 0.2) is 70.2 Å². The number of nitrogens with one attached hydrogen (secondary N) is 1. The smallest absolute Gasteiger partial charge is 0.277 e. The molecule has 0 aromatic heterocycles. The number of aryl methyl sites for hydroxylation is 2. The predicted molar refractivity (Wildman–Crippen MR) is 129 cm³/mol. The Labute approximate surface area is 196 Å². The van der Waals surface area contributed by atoms with Crippen molar-refractivity contribution in [2.45, 2.75) is 20.5 Å². The zero-order valence-corrected chi connectivity index (χ0v) is 19.8. The number of carbonyl (C=O) groups is 1. The lowest BCUT2D eigenvalue weighted by Crippen LogP contribution is -2.25. The first-order valence-electron chi connectivity index (χ1n) is 10.0. The lowest BCUT2D eigenvalue weighted by Gasteiger charge is -2.11. The van der Waals surface area contributed by atoms with E-state index in [0.717, 1.165) is 32.5 Å². The summed E-state index contributed by atoms with van der Waals surface area (Å²) in [5.41, 5.74) is 6.24. The Morgan fingerprint density at radius 1 is 1.00 bits per heavy atom. The summed E-state index contributed by atoms with van der Waals surface area (Å²) in [5, 5.41) is 4.00.